The molecule has 0 aliphatic rings. The first-order valence-electron chi connectivity index (χ1n) is 8.10. The molecule has 0 radical (unpaired) electrons. The van der Waals surface area contributed by atoms with E-state index in [1.54, 1.807) is 59.1 Å². The van der Waals surface area contributed by atoms with E-state index < -0.39 is 29.1 Å². The van der Waals surface area contributed by atoms with Gasteiger partial charge in [-0.1, -0.05) is 0 Å². The molecule has 0 amide bonds. The van der Waals surface area contributed by atoms with Gasteiger partial charge in [-0.25, -0.2) is 9.59 Å². The molecule has 0 saturated heterocycles. The molecule has 140 valence electrons. The van der Waals surface area contributed by atoms with Gasteiger partial charge in [0.2, 0.25) is 0 Å². The Kier molecular flexibility index (Phi) is 6.81. The predicted molar refractivity (Wildman–Crippen MR) is 95.5 cm³/mol. The molecule has 0 saturated carbocycles. The second-order valence-electron chi connectivity index (χ2n) is 6.84. The first kappa shape index (κ1) is 20.8. The lowest BCUT2D eigenvalue weighted by Crippen LogP contribution is -2.62. The summed E-state index contributed by atoms with van der Waals surface area (Å²) in [6.45, 7) is 8.50. The molecule has 0 aromatic heterocycles. The lowest BCUT2D eigenvalue weighted by atomic mass is 9.92. The highest BCUT2D eigenvalue weighted by Crippen LogP contribution is 2.22. The monoisotopic (exact) mass is 352 g/mol. The van der Waals surface area contributed by atoms with Gasteiger partial charge in [0.1, 0.15) is 16.9 Å². The minimum Gasteiger partial charge on any atom is -0.497 e. The number of hydrogen-bond acceptors (Lipinski definition) is 7. The highest BCUT2D eigenvalue weighted by atomic mass is 16.6. The van der Waals surface area contributed by atoms with Crippen molar-refractivity contribution in [2.24, 2.45) is 5.73 Å². The fourth-order valence-corrected chi connectivity index (χ4v) is 2.04. The molecule has 0 unspecified atom stereocenters. The smallest absolute Gasteiger partial charge is 0.331 e. The Bertz CT molecular complexity index is 590. The van der Waals surface area contributed by atoms with Crippen LogP contribution < -0.4 is 15.8 Å². The molecule has 7 heteroatoms. The van der Waals surface area contributed by atoms with Crippen molar-refractivity contribution < 1.29 is 23.8 Å². The van der Waals surface area contributed by atoms with Crippen molar-refractivity contribution in [2.75, 3.05) is 19.0 Å². The standard InChI is InChI=1S/C18H28N2O5/c1-7-24-15(21)14(18(5,19)16(22)25-17(2,3)4)20-12-8-10-13(23-6)11-9-12/h8-11,14,20H,7,19H2,1-6H3/t14-,18-/m0/s1. The predicted octanol–water partition coefficient (Wildman–Crippen LogP) is 2.10. The summed E-state index contributed by atoms with van der Waals surface area (Å²) >= 11 is 0. The first-order chi connectivity index (χ1) is 11.5. The Hall–Kier alpha value is -2.28. The largest absolute Gasteiger partial charge is 0.497 e. The van der Waals surface area contributed by atoms with Crippen LogP contribution in [-0.2, 0) is 19.1 Å². The quantitative estimate of drug-likeness (QED) is 0.725. The molecule has 0 spiro atoms. The summed E-state index contributed by atoms with van der Waals surface area (Å²) in [7, 11) is 1.56. The summed E-state index contributed by atoms with van der Waals surface area (Å²) in [5, 5.41) is 2.97. The molecule has 1 aromatic rings. The number of methoxy groups -OCH3 is 1. The molecule has 3 N–H and O–H groups in total. The van der Waals surface area contributed by atoms with Gasteiger partial charge >= 0.3 is 11.9 Å². The Morgan fingerprint density at radius 2 is 1.72 bits per heavy atom. The molecule has 0 aliphatic heterocycles. The zero-order valence-corrected chi connectivity index (χ0v) is 15.7. The summed E-state index contributed by atoms with van der Waals surface area (Å²) in [4.78, 5) is 24.9. The fourth-order valence-electron chi connectivity index (χ4n) is 2.04. The van der Waals surface area contributed by atoms with E-state index in [4.69, 9.17) is 19.9 Å². The molecule has 7 nitrogen and oxygen atoms in total. The van der Waals surface area contributed by atoms with Crippen molar-refractivity contribution in [2.45, 2.75) is 51.8 Å². The Balaban J connectivity index is 3.09. The molecular formula is C18H28N2O5. The van der Waals surface area contributed by atoms with E-state index in [1.165, 1.54) is 6.92 Å². The van der Waals surface area contributed by atoms with Crippen LogP contribution in [0.4, 0.5) is 5.69 Å². The number of esters is 2. The van der Waals surface area contributed by atoms with E-state index in [9.17, 15) is 9.59 Å². The van der Waals surface area contributed by atoms with Gasteiger partial charge in [0, 0.05) is 5.69 Å². The van der Waals surface area contributed by atoms with E-state index in [1.807, 2.05) is 0 Å². The van der Waals surface area contributed by atoms with Gasteiger partial charge in [0.25, 0.3) is 0 Å². The number of benzene rings is 1. The number of carbonyl (C=O) groups excluding carboxylic acids is 2. The minimum atomic E-state index is -1.63. The third-order valence-electron chi connectivity index (χ3n) is 3.36. The van der Waals surface area contributed by atoms with Crippen LogP contribution in [0, 0.1) is 0 Å². The van der Waals surface area contributed by atoms with E-state index >= 15 is 0 Å². The van der Waals surface area contributed by atoms with Crippen LogP contribution in [0.25, 0.3) is 0 Å². The summed E-state index contributed by atoms with van der Waals surface area (Å²) in [5.41, 5.74) is 4.43. The van der Waals surface area contributed by atoms with Gasteiger partial charge in [0.05, 0.1) is 13.7 Å². The number of nitrogens with one attached hydrogen (secondary N) is 1. The van der Waals surface area contributed by atoms with Crippen LogP contribution in [0.1, 0.15) is 34.6 Å². The highest BCUT2D eigenvalue weighted by Gasteiger charge is 2.46. The topological polar surface area (TPSA) is 99.9 Å². The number of ether oxygens (including phenoxy) is 3. The van der Waals surface area contributed by atoms with Crippen molar-refractivity contribution in [1.29, 1.82) is 0 Å². The van der Waals surface area contributed by atoms with Crippen LogP contribution in [0.15, 0.2) is 24.3 Å². The van der Waals surface area contributed by atoms with Crippen molar-refractivity contribution in [1.82, 2.24) is 0 Å². The molecular weight excluding hydrogens is 324 g/mol. The minimum absolute atomic E-state index is 0.171. The van der Waals surface area contributed by atoms with E-state index in [2.05, 4.69) is 5.32 Å². The first-order valence-corrected chi connectivity index (χ1v) is 8.10. The number of carbonyl (C=O) groups is 2. The molecule has 0 heterocycles. The molecule has 1 aromatic carbocycles. The maximum atomic E-state index is 12.5. The number of rotatable bonds is 7. The average Bonchev–Trinajstić information content (AvgIpc) is 2.51. The Labute approximate surface area is 148 Å². The van der Waals surface area contributed by atoms with Crippen molar-refractivity contribution in [3.63, 3.8) is 0 Å². The number of nitrogens with two attached hydrogens (primary N) is 1. The molecule has 0 fully saturated rings. The van der Waals surface area contributed by atoms with Crippen molar-refractivity contribution in [3.05, 3.63) is 24.3 Å². The maximum Gasteiger partial charge on any atom is 0.331 e. The Morgan fingerprint density at radius 1 is 1.16 bits per heavy atom. The van der Waals surface area contributed by atoms with E-state index in [0.717, 1.165) is 0 Å². The van der Waals surface area contributed by atoms with Gasteiger partial charge in [-0.05, 0) is 58.9 Å². The van der Waals surface area contributed by atoms with Crippen LogP contribution in [0.2, 0.25) is 0 Å². The van der Waals surface area contributed by atoms with Crippen LogP contribution in [0.3, 0.4) is 0 Å². The second kappa shape index (κ2) is 8.20. The third kappa shape index (κ3) is 5.94. The zero-order chi connectivity index (χ0) is 19.3. The summed E-state index contributed by atoms with van der Waals surface area (Å²) < 4.78 is 15.5. The summed E-state index contributed by atoms with van der Waals surface area (Å²) in [5.74, 6) is -0.658. The van der Waals surface area contributed by atoms with Gasteiger partial charge in [-0.2, -0.15) is 0 Å². The normalized spacial score (nSPS) is 14.8. The van der Waals surface area contributed by atoms with Gasteiger partial charge in [-0.15, -0.1) is 0 Å². The van der Waals surface area contributed by atoms with Crippen LogP contribution >= 0.6 is 0 Å². The summed E-state index contributed by atoms with van der Waals surface area (Å²) in [6, 6.07) is 5.78. The van der Waals surface area contributed by atoms with E-state index in [0.29, 0.717) is 11.4 Å². The van der Waals surface area contributed by atoms with Crippen LogP contribution in [-0.4, -0.2) is 42.8 Å². The zero-order valence-electron chi connectivity index (χ0n) is 15.7. The molecule has 0 bridgehead atoms. The average molecular weight is 352 g/mol. The number of hydrogen-bond donors (Lipinski definition) is 2. The van der Waals surface area contributed by atoms with Crippen molar-refractivity contribution in [3.8, 4) is 5.75 Å². The maximum absolute atomic E-state index is 12.5. The van der Waals surface area contributed by atoms with Gasteiger partial charge in [-0.3, -0.25) is 0 Å². The molecule has 0 aliphatic carbocycles. The lowest BCUT2D eigenvalue weighted by molar-refractivity contribution is -0.165. The van der Waals surface area contributed by atoms with Gasteiger partial charge in [0.15, 0.2) is 6.04 Å². The fraction of sp³-hybridized carbons (Fsp3) is 0.556. The molecule has 1 rings (SSSR count). The van der Waals surface area contributed by atoms with Crippen molar-refractivity contribution >= 4 is 17.6 Å². The Morgan fingerprint density at radius 3 is 2.16 bits per heavy atom. The van der Waals surface area contributed by atoms with Gasteiger partial charge < -0.3 is 25.3 Å². The van der Waals surface area contributed by atoms with E-state index in [-0.39, 0.29) is 6.61 Å². The molecule has 25 heavy (non-hydrogen) atoms. The highest BCUT2D eigenvalue weighted by molar-refractivity contribution is 5.92. The van der Waals surface area contributed by atoms with Crippen LogP contribution in [0.5, 0.6) is 5.75 Å². The SMILES string of the molecule is CCOC(=O)[C@H](Nc1ccc(OC)cc1)[C@](C)(N)C(=O)OC(C)(C)C. The summed E-state index contributed by atoms with van der Waals surface area (Å²) in [6.07, 6.45) is 0. The number of anilines is 1. The second-order valence-corrected chi connectivity index (χ2v) is 6.84. The lowest BCUT2D eigenvalue weighted by Gasteiger charge is -2.34. The molecule has 2 atom stereocenters. The third-order valence-corrected chi connectivity index (χ3v) is 3.36.